The van der Waals surface area contributed by atoms with Crippen LogP contribution in [0.3, 0.4) is 0 Å². The summed E-state index contributed by atoms with van der Waals surface area (Å²) in [6, 6.07) is 3.88. The van der Waals surface area contributed by atoms with Crippen LogP contribution in [0.5, 0.6) is 0 Å². The first-order chi connectivity index (χ1) is 6.18. The molecule has 2 nitrogen and oxygen atoms in total. The van der Waals surface area contributed by atoms with Gasteiger partial charge in [-0.1, -0.05) is 33.8 Å². The van der Waals surface area contributed by atoms with Gasteiger partial charge in [-0.05, 0) is 24.0 Å². The summed E-state index contributed by atoms with van der Waals surface area (Å²) in [6.07, 6.45) is 2.92. The topological polar surface area (TPSA) is 38.9 Å². The SMILES string of the molecule is CC.CC(C)Cc1ccc(N)nc1. The van der Waals surface area contributed by atoms with E-state index in [2.05, 4.69) is 18.8 Å². The summed E-state index contributed by atoms with van der Waals surface area (Å²) in [6.45, 7) is 8.38. The van der Waals surface area contributed by atoms with E-state index in [1.54, 1.807) is 0 Å². The van der Waals surface area contributed by atoms with Gasteiger partial charge >= 0.3 is 0 Å². The molecule has 0 saturated carbocycles. The summed E-state index contributed by atoms with van der Waals surface area (Å²) in [5.41, 5.74) is 6.70. The second kappa shape index (κ2) is 6.46. The largest absolute Gasteiger partial charge is 0.384 e. The van der Waals surface area contributed by atoms with E-state index >= 15 is 0 Å². The van der Waals surface area contributed by atoms with Crippen LogP contribution in [0.25, 0.3) is 0 Å². The van der Waals surface area contributed by atoms with Gasteiger partial charge in [0, 0.05) is 6.20 Å². The zero-order valence-electron chi connectivity index (χ0n) is 9.04. The van der Waals surface area contributed by atoms with Crippen molar-refractivity contribution in [1.29, 1.82) is 0 Å². The van der Waals surface area contributed by atoms with Gasteiger partial charge in [0.1, 0.15) is 5.82 Å². The first-order valence-electron chi connectivity index (χ1n) is 4.89. The van der Waals surface area contributed by atoms with Crippen LogP contribution in [-0.2, 0) is 6.42 Å². The molecule has 0 fully saturated rings. The number of nitrogens with zero attached hydrogens (tertiary/aromatic N) is 1. The van der Waals surface area contributed by atoms with Crippen LogP contribution in [0.4, 0.5) is 5.82 Å². The summed E-state index contributed by atoms with van der Waals surface area (Å²) in [5, 5.41) is 0. The van der Waals surface area contributed by atoms with Crippen molar-refractivity contribution in [3.05, 3.63) is 23.9 Å². The number of pyridine rings is 1. The highest BCUT2D eigenvalue weighted by Crippen LogP contribution is 2.07. The van der Waals surface area contributed by atoms with E-state index in [9.17, 15) is 0 Å². The van der Waals surface area contributed by atoms with E-state index in [4.69, 9.17) is 5.73 Å². The molecule has 0 amide bonds. The van der Waals surface area contributed by atoms with Crippen LogP contribution >= 0.6 is 0 Å². The average molecular weight is 180 g/mol. The summed E-state index contributed by atoms with van der Waals surface area (Å²) < 4.78 is 0. The molecule has 1 aromatic rings. The van der Waals surface area contributed by atoms with Crippen molar-refractivity contribution in [2.75, 3.05) is 5.73 Å². The first kappa shape index (κ1) is 11.9. The van der Waals surface area contributed by atoms with Crippen molar-refractivity contribution in [2.24, 2.45) is 5.92 Å². The van der Waals surface area contributed by atoms with Gasteiger partial charge in [-0.3, -0.25) is 0 Å². The Bertz CT molecular complexity index is 214. The number of anilines is 1. The lowest BCUT2D eigenvalue weighted by molar-refractivity contribution is 0.646. The van der Waals surface area contributed by atoms with Gasteiger partial charge < -0.3 is 5.73 Å². The van der Waals surface area contributed by atoms with Crippen molar-refractivity contribution in [1.82, 2.24) is 4.98 Å². The van der Waals surface area contributed by atoms with E-state index in [1.165, 1.54) is 5.56 Å². The van der Waals surface area contributed by atoms with Crippen molar-refractivity contribution < 1.29 is 0 Å². The Morgan fingerprint density at radius 2 is 1.92 bits per heavy atom. The minimum Gasteiger partial charge on any atom is -0.384 e. The third kappa shape index (κ3) is 5.23. The van der Waals surface area contributed by atoms with Gasteiger partial charge in [0.25, 0.3) is 0 Å². The minimum atomic E-state index is 0.595. The fraction of sp³-hybridized carbons (Fsp3) is 0.545. The quantitative estimate of drug-likeness (QED) is 0.760. The lowest BCUT2D eigenvalue weighted by Gasteiger charge is -2.03. The van der Waals surface area contributed by atoms with Crippen LogP contribution in [0, 0.1) is 5.92 Å². The molecule has 13 heavy (non-hydrogen) atoms. The Balaban J connectivity index is 0.000000671. The number of nitrogen functional groups attached to an aromatic ring is 1. The normalized spacial score (nSPS) is 9.31. The molecule has 0 bridgehead atoms. The molecule has 0 spiro atoms. The molecule has 0 saturated heterocycles. The predicted octanol–water partition coefficient (Wildman–Crippen LogP) is 2.89. The molecular weight excluding hydrogens is 160 g/mol. The number of hydrogen-bond donors (Lipinski definition) is 1. The Morgan fingerprint density at radius 1 is 1.31 bits per heavy atom. The third-order valence-corrected chi connectivity index (χ3v) is 1.49. The predicted molar refractivity (Wildman–Crippen MR) is 58.5 cm³/mol. The minimum absolute atomic E-state index is 0.595. The Morgan fingerprint density at radius 3 is 2.31 bits per heavy atom. The smallest absolute Gasteiger partial charge is 0.123 e. The molecule has 1 aromatic heterocycles. The summed E-state index contributed by atoms with van der Waals surface area (Å²) >= 11 is 0. The zero-order valence-corrected chi connectivity index (χ0v) is 9.04. The fourth-order valence-corrected chi connectivity index (χ4v) is 1.03. The maximum atomic E-state index is 5.45. The van der Waals surface area contributed by atoms with Crippen molar-refractivity contribution in [2.45, 2.75) is 34.1 Å². The summed E-state index contributed by atoms with van der Waals surface area (Å²) in [7, 11) is 0. The van der Waals surface area contributed by atoms with Gasteiger partial charge in [0.2, 0.25) is 0 Å². The summed E-state index contributed by atoms with van der Waals surface area (Å²) in [5.74, 6) is 1.28. The Hall–Kier alpha value is -1.05. The van der Waals surface area contributed by atoms with E-state index in [1.807, 2.05) is 32.2 Å². The van der Waals surface area contributed by atoms with Crippen LogP contribution < -0.4 is 5.73 Å². The number of aromatic nitrogens is 1. The van der Waals surface area contributed by atoms with Gasteiger partial charge in [0.15, 0.2) is 0 Å². The molecule has 0 aromatic carbocycles. The van der Waals surface area contributed by atoms with Gasteiger partial charge in [-0.25, -0.2) is 4.98 Å². The molecule has 0 radical (unpaired) electrons. The molecule has 0 aliphatic carbocycles. The highest BCUT2D eigenvalue weighted by molar-refractivity contribution is 5.29. The second-order valence-corrected chi connectivity index (χ2v) is 3.19. The average Bonchev–Trinajstić information content (AvgIpc) is 2.12. The zero-order chi connectivity index (χ0) is 10.3. The number of hydrogen-bond acceptors (Lipinski definition) is 2. The van der Waals surface area contributed by atoms with Crippen LogP contribution in [0.1, 0.15) is 33.3 Å². The highest BCUT2D eigenvalue weighted by Gasteiger charge is 1.96. The molecule has 2 heteroatoms. The van der Waals surface area contributed by atoms with Gasteiger partial charge in [-0.2, -0.15) is 0 Å². The van der Waals surface area contributed by atoms with E-state index < -0.39 is 0 Å². The molecule has 74 valence electrons. The maximum Gasteiger partial charge on any atom is 0.123 e. The monoisotopic (exact) mass is 180 g/mol. The molecule has 0 aliphatic heterocycles. The maximum absolute atomic E-state index is 5.45. The second-order valence-electron chi connectivity index (χ2n) is 3.19. The standard InChI is InChI=1S/C9H14N2.C2H6/c1-7(2)5-8-3-4-9(10)11-6-8;1-2/h3-4,6-7H,5H2,1-2H3,(H2,10,11);1-2H3. The van der Waals surface area contributed by atoms with Crippen molar-refractivity contribution >= 4 is 5.82 Å². The number of nitrogens with two attached hydrogens (primary N) is 1. The molecule has 1 rings (SSSR count). The summed E-state index contributed by atoms with van der Waals surface area (Å²) in [4.78, 5) is 4.01. The van der Waals surface area contributed by atoms with E-state index in [0.717, 1.165) is 6.42 Å². The fourth-order valence-electron chi connectivity index (χ4n) is 1.03. The van der Waals surface area contributed by atoms with Crippen LogP contribution in [-0.4, -0.2) is 4.98 Å². The molecule has 0 atom stereocenters. The van der Waals surface area contributed by atoms with E-state index in [-0.39, 0.29) is 0 Å². The Kier molecular flexibility index (Phi) is 5.94. The molecule has 2 N–H and O–H groups in total. The van der Waals surface area contributed by atoms with Crippen LogP contribution in [0.15, 0.2) is 18.3 Å². The van der Waals surface area contributed by atoms with Crippen molar-refractivity contribution in [3.63, 3.8) is 0 Å². The molecular formula is C11H20N2. The van der Waals surface area contributed by atoms with Gasteiger partial charge in [0.05, 0.1) is 0 Å². The number of rotatable bonds is 2. The first-order valence-corrected chi connectivity index (χ1v) is 4.89. The molecule has 0 aliphatic rings. The third-order valence-electron chi connectivity index (χ3n) is 1.49. The van der Waals surface area contributed by atoms with Crippen LogP contribution in [0.2, 0.25) is 0 Å². The van der Waals surface area contributed by atoms with E-state index in [0.29, 0.717) is 11.7 Å². The Labute approximate surface area is 81.2 Å². The lowest BCUT2D eigenvalue weighted by Crippen LogP contribution is -1.96. The van der Waals surface area contributed by atoms with Gasteiger partial charge in [-0.15, -0.1) is 0 Å². The lowest BCUT2D eigenvalue weighted by atomic mass is 10.1. The van der Waals surface area contributed by atoms with Crippen molar-refractivity contribution in [3.8, 4) is 0 Å². The highest BCUT2D eigenvalue weighted by atomic mass is 14.8. The molecule has 0 unspecified atom stereocenters. The molecule has 1 heterocycles.